The van der Waals surface area contributed by atoms with Gasteiger partial charge in [-0.1, -0.05) is 32.9 Å². The second kappa shape index (κ2) is 9.41. The first-order valence-electron chi connectivity index (χ1n) is 9.41. The molecule has 1 heterocycles. The normalized spacial score (nSPS) is 18.5. The topological polar surface area (TPSA) is 98.8 Å². The van der Waals surface area contributed by atoms with Gasteiger partial charge in [-0.3, -0.25) is 9.59 Å². The third-order valence-electron chi connectivity index (χ3n) is 4.56. The Kier molecular flexibility index (Phi) is 7.46. The Morgan fingerprint density at radius 3 is 2.43 bits per heavy atom. The van der Waals surface area contributed by atoms with Crippen molar-refractivity contribution in [1.29, 1.82) is 0 Å². The van der Waals surface area contributed by atoms with Gasteiger partial charge in [0.25, 0.3) is 5.91 Å². The van der Waals surface area contributed by atoms with Gasteiger partial charge in [0.2, 0.25) is 0 Å². The van der Waals surface area contributed by atoms with Crippen LogP contribution in [0.25, 0.3) is 0 Å². The third-order valence-corrected chi connectivity index (χ3v) is 6.40. The molecule has 1 fully saturated rings. The van der Waals surface area contributed by atoms with Gasteiger partial charge in [-0.05, 0) is 35.4 Å². The van der Waals surface area contributed by atoms with Crippen LogP contribution in [0, 0.1) is 5.92 Å². The van der Waals surface area contributed by atoms with Gasteiger partial charge in [0.05, 0.1) is 18.1 Å². The summed E-state index contributed by atoms with van der Waals surface area (Å²) in [5, 5.41) is 2.61. The Hall–Kier alpha value is -2.09. The van der Waals surface area contributed by atoms with Gasteiger partial charge < -0.3 is 14.8 Å². The van der Waals surface area contributed by atoms with Gasteiger partial charge in [0.1, 0.15) is 12.4 Å². The standard InChI is InChI=1S/C20H29NO6S/c1-20(2,3)16-4-6-17(7-5-16)26-10-9-21-18(22)13-27-19(23)12-15-8-11-28(24,25)14-15/h4-7,15H,8-14H2,1-3H3,(H,21,22)/t15-/m0/s1. The summed E-state index contributed by atoms with van der Waals surface area (Å²) in [6.45, 7) is 6.63. The lowest BCUT2D eigenvalue weighted by molar-refractivity contribution is -0.149. The Morgan fingerprint density at radius 2 is 1.86 bits per heavy atom. The highest BCUT2D eigenvalue weighted by Crippen LogP contribution is 2.24. The number of sulfone groups is 1. The largest absolute Gasteiger partial charge is 0.492 e. The number of rotatable bonds is 8. The van der Waals surface area contributed by atoms with Crippen molar-refractivity contribution in [3.8, 4) is 5.75 Å². The zero-order valence-corrected chi connectivity index (χ0v) is 17.5. The van der Waals surface area contributed by atoms with Gasteiger partial charge in [-0.2, -0.15) is 0 Å². The summed E-state index contributed by atoms with van der Waals surface area (Å²) in [4.78, 5) is 23.4. The first-order valence-corrected chi connectivity index (χ1v) is 11.2. The molecule has 1 amide bonds. The molecule has 1 aromatic carbocycles. The van der Waals surface area contributed by atoms with Crippen molar-refractivity contribution in [3.63, 3.8) is 0 Å². The molecule has 0 unspecified atom stereocenters. The molecule has 1 saturated heterocycles. The lowest BCUT2D eigenvalue weighted by Gasteiger charge is -2.19. The van der Waals surface area contributed by atoms with Gasteiger partial charge in [0.15, 0.2) is 16.4 Å². The van der Waals surface area contributed by atoms with Crippen molar-refractivity contribution in [2.24, 2.45) is 5.92 Å². The fourth-order valence-corrected chi connectivity index (χ4v) is 4.80. The van der Waals surface area contributed by atoms with Crippen LogP contribution in [0.2, 0.25) is 0 Å². The molecule has 1 aliphatic heterocycles. The molecule has 156 valence electrons. The van der Waals surface area contributed by atoms with Crippen LogP contribution in [-0.2, 0) is 29.6 Å². The minimum atomic E-state index is -3.02. The predicted molar refractivity (Wildman–Crippen MR) is 106 cm³/mol. The summed E-state index contributed by atoms with van der Waals surface area (Å²) in [7, 11) is -3.02. The highest BCUT2D eigenvalue weighted by molar-refractivity contribution is 7.91. The second-order valence-electron chi connectivity index (χ2n) is 8.11. The SMILES string of the molecule is CC(C)(C)c1ccc(OCCNC(=O)COC(=O)C[C@@H]2CCS(=O)(=O)C2)cc1. The molecule has 1 aliphatic rings. The monoisotopic (exact) mass is 411 g/mol. The van der Waals surface area contributed by atoms with E-state index in [9.17, 15) is 18.0 Å². The van der Waals surface area contributed by atoms with E-state index in [1.54, 1.807) is 0 Å². The minimum Gasteiger partial charge on any atom is -0.492 e. The van der Waals surface area contributed by atoms with E-state index in [2.05, 4.69) is 26.1 Å². The van der Waals surface area contributed by atoms with Gasteiger partial charge in [0, 0.05) is 6.42 Å². The Bertz CT molecular complexity index is 780. The van der Waals surface area contributed by atoms with Crippen LogP contribution < -0.4 is 10.1 Å². The van der Waals surface area contributed by atoms with E-state index in [4.69, 9.17) is 9.47 Å². The molecule has 28 heavy (non-hydrogen) atoms. The summed E-state index contributed by atoms with van der Waals surface area (Å²) in [6, 6.07) is 7.83. The number of amides is 1. The number of hydrogen-bond acceptors (Lipinski definition) is 6. The highest BCUT2D eigenvalue weighted by atomic mass is 32.2. The fourth-order valence-electron chi connectivity index (χ4n) is 2.94. The molecule has 8 heteroatoms. The molecule has 1 N–H and O–H groups in total. The first-order chi connectivity index (χ1) is 13.0. The molecule has 0 aliphatic carbocycles. The predicted octanol–water partition coefficient (Wildman–Crippen LogP) is 1.85. The summed E-state index contributed by atoms with van der Waals surface area (Å²) in [5.74, 6) is -0.322. The van der Waals surface area contributed by atoms with Crippen molar-refractivity contribution in [2.75, 3.05) is 31.3 Å². The summed E-state index contributed by atoms with van der Waals surface area (Å²) in [5.41, 5.74) is 1.29. The van der Waals surface area contributed by atoms with Crippen LogP contribution in [0.1, 0.15) is 39.2 Å². The van der Waals surface area contributed by atoms with Gasteiger partial charge in [-0.15, -0.1) is 0 Å². The van der Waals surface area contributed by atoms with E-state index in [1.807, 2.05) is 24.3 Å². The fraction of sp³-hybridized carbons (Fsp3) is 0.600. The highest BCUT2D eigenvalue weighted by Gasteiger charge is 2.29. The Balaban J connectivity index is 1.59. The van der Waals surface area contributed by atoms with E-state index < -0.39 is 21.7 Å². The summed E-state index contributed by atoms with van der Waals surface area (Å²) in [6.07, 6.45) is 0.498. The van der Waals surface area contributed by atoms with Crippen molar-refractivity contribution in [2.45, 2.75) is 39.0 Å². The van der Waals surface area contributed by atoms with Gasteiger partial charge in [-0.25, -0.2) is 8.42 Å². The lowest BCUT2D eigenvalue weighted by Crippen LogP contribution is -2.32. The molecule has 2 rings (SSSR count). The average Bonchev–Trinajstić information content (AvgIpc) is 2.95. The van der Waals surface area contributed by atoms with Crippen LogP contribution in [0.15, 0.2) is 24.3 Å². The quantitative estimate of drug-likeness (QED) is 0.518. The van der Waals surface area contributed by atoms with Crippen LogP contribution >= 0.6 is 0 Å². The Morgan fingerprint density at radius 1 is 1.18 bits per heavy atom. The zero-order valence-electron chi connectivity index (χ0n) is 16.7. The van der Waals surface area contributed by atoms with E-state index in [0.29, 0.717) is 13.0 Å². The summed E-state index contributed by atoms with van der Waals surface area (Å²) >= 11 is 0. The smallest absolute Gasteiger partial charge is 0.306 e. The second-order valence-corrected chi connectivity index (χ2v) is 10.3. The number of carbonyl (C=O) groups excluding carboxylic acids is 2. The molecular weight excluding hydrogens is 382 g/mol. The van der Waals surface area contributed by atoms with E-state index in [1.165, 1.54) is 5.56 Å². The number of benzene rings is 1. The van der Waals surface area contributed by atoms with Crippen LogP contribution in [0.5, 0.6) is 5.75 Å². The molecular formula is C20H29NO6S. The van der Waals surface area contributed by atoms with Crippen LogP contribution in [-0.4, -0.2) is 51.6 Å². The number of ether oxygens (including phenoxy) is 2. The maximum Gasteiger partial charge on any atom is 0.306 e. The number of nitrogens with one attached hydrogen (secondary N) is 1. The van der Waals surface area contributed by atoms with Crippen molar-refractivity contribution >= 4 is 21.7 Å². The third kappa shape index (κ3) is 7.50. The first kappa shape index (κ1) is 22.2. The molecule has 0 saturated carbocycles. The molecule has 0 spiro atoms. The van der Waals surface area contributed by atoms with Crippen LogP contribution in [0.4, 0.5) is 0 Å². The van der Waals surface area contributed by atoms with Crippen molar-refractivity contribution in [3.05, 3.63) is 29.8 Å². The lowest BCUT2D eigenvalue weighted by atomic mass is 9.87. The molecule has 1 atom stereocenters. The van der Waals surface area contributed by atoms with E-state index >= 15 is 0 Å². The molecule has 7 nitrogen and oxygen atoms in total. The van der Waals surface area contributed by atoms with Crippen LogP contribution in [0.3, 0.4) is 0 Å². The number of hydrogen-bond donors (Lipinski definition) is 1. The molecule has 0 bridgehead atoms. The molecule has 0 aromatic heterocycles. The summed E-state index contributed by atoms with van der Waals surface area (Å²) < 4.78 is 33.2. The average molecular weight is 412 g/mol. The van der Waals surface area contributed by atoms with E-state index in [-0.39, 0.29) is 42.4 Å². The molecule has 0 radical (unpaired) electrons. The Labute approximate surface area is 166 Å². The van der Waals surface area contributed by atoms with E-state index in [0.717, 1.165) is 5.75 Å². The zero-order chi connectivity index (χ0) is 20.8. The van der Waals surface area contributed by atoms with Gasteiger partial charge >= 0.3 is 5.97 Å². The molecule has 1 aromatic rings. The van der Waals surface area contributed by atoms with Crippen molar-refractivity contribution in [1.82, 2.24) is 5.32 Å². The minimum absolute atomic E-state index is 0.0162. The number of carbonyl (C=O) groups is 2. The van der Waals surface area contributed by atoms with Crippen molar-refractivity contribution < 1.29 is 27.5 Å². The maximum absolute atomic E-state index is 11.7. The number of esters is 1. The maximum atomic E-state index is 11.7.